The second kappa shape index (κ2) is 4.68. The van der Waals surface area contributed by atoms with E-state index in [1.165, 1.54) is 0 Å². The van der Waals surface area contributed by atoms with Crippen molar-refractivity contribution in [2.24, 2.45) is 0 Å². The monoisotopic (exact) mass is 292 g/mol. The highest BCUT2D eigenvalue weighted by molar-refractivity contribution is 6.67. The molecule has 1 rings (SSSR count). The van der Waals surface area contributed by atoms with E-state index in [4.69, 9.17) is 11.6 Å². The molecule has 9 heteroatoms. The molecule has 0 unspecified atom stereocenters. The third kappa shape index (κ3) is 3.80. The van der Waals surface area contributed by atoms with Crippen LogP contribution in [-0.2, 0) is 6.18 Å². The molecule has 0 radical (unpaired) electrons. The first-order chi connectivity index (χ1) is 8.00. The van der Waals surface area contributed by atoms with Gasteiger partial charge in [0.2, 0.25) is 0 Å². The fourth-order valence-electron chi connectivity index (χ4n) is 1.09. The van der Waals surface area contributed by atoms with Crippen LogP contribution in [0.4, 0.5) is 26.3 Å². The third-order valence-electron chi connectivity index (χ3n) is 1.74. The second-order valence-electron chi connectivity index (χ2n) is 3.03. The van der Waals surface area contributed by atoms with E-state index in [0.29, 0.717) is 12.1 Å². The summed E-state index contributed by atoms with van der Waals surface area (Å²) in [5, 5.41) is -1.22. The Balaban J connectivity index is 3.30. The number of carbonyl (C=O) groups is 1. The van der Waals surface area contributed by atoms with E-state index < -0.39 is 34.7 Å². The van der Waals surface area contributed by atoms with Gasteiger partial charge in [-0.05, 0) is 29.8 Å². The Morgan fingerprint density at radius 2 is 1.67 bits per heavy atom. The lowest BCUT2D eigenvalue weighted by molar-refractivity contribution is -0.276. The van der Waals surface area contributed by atoms with E-state index in [1.54, 1.807) is 0 Å². The summed E-state index contributed by atoms with van der Waals surface area (Å²) in [6.45, 7) is 0. The van der Waals surface area contributed by atoms with Crippen molar-refractivity contribution in [3.8, 4) is 5.75 Å². The molecule has 0 N–H and O–H groups in total. The zero-order chi connectivity index (χ0) is 14.1. The van der Waals surface area contributed by atoms with E-state index in [2.05, 4.69) is 4.74 Å². The lowest BCUT2D eigenvalue weighted by Crippen LogP contribution is -2.20. The normalized spacial score (nSPS) is 12.4. The SMILES string of the molecule is O=C(Cl)c1ccc(OC(F)(F)F)c(C(F)(F)F)c1. The molecule has 0 heterocycles. The van der Waals surface area contributed by atoms with Gasteiger partial charge in [-0.1, -0.05) is 0 Å². The number of hydrogen-bond acceptors (Lipinski definition) is 2. The Labute approximate surface area is 101 Å². The molecule has 0 saturated heterocycles. The van der Waals surface area contributed by atoms with Gasteiger partial charge in [-0.3, -0.25) is 4.79 Å². The molecular formula is C9H3ClF6O2. The average molecular weight is 293 g/mol. The van der Waals surface area contributed by atoms with Gasteiger partial charge in [-0.2, -0.15) is 13.2 Å². The van der Waals surface area contributed by atoms with E-state index in [1.807, 2.05) is 0 Å². The first-order valence-electron chi connectivity index (χ1n) is 4.17. The molecule has 0 aromatic heterocycles. The van der Waals surface area contributed by atoms with Gasteiger partial charge in [0, 0.05) is 5.56 Å². The number of halogens is 7. The highest BCUT2D eigenvalue weighted by Crippen LogP contribution is 2.39. The van der Waals surface area contributed by atoms with Crippen LogP contribution in [0.15, 0.2) is 18.2 Å². The lowest BCUT2D eigenvalue weighted by atomic mass is 10.1. The predicted octanol–water partition coefficient (Wildman–Crippen LogP) is 3.98. The van der Waals surface area contributed by atoms with Crippen LogP contribution >= 0.6 is 11.6 Å². The molecular weight excluding hydrogens is 290 g/mol. The van der Waals surface area contributed by atoms with E-state index >= 15 is 0 Å². The van der Waals surface area contributed by atoms with Gasteiger partial charge in [0.1, 0.15) is 5.75 Å². The Hall–Kier alpha value is -1.44. The molecule has 18 heavy (non-hydrogen) atoms. The fourth-order valence-corrected chi connectivity index (χ4v) is 1.21. The molecule has 1 aromatic carbocycles. The van der Waals surface area contributed by atoms with Gasteiger partial charge in [-0.25, -0.2) is 0 Å². The molecule has 0 aliphatic rings. The minimum absolute atomic E-state index is 0.191. The Kier molecular flexibility index (Phi) is 3.80. The number of rotatable bonds is 2. The fraction of sp³-hybridized carbons (Fsp3) is 0.222. The molecule has 0 atom stereocenters. The Morgan fingerprint density at radius 1 is 1.11 bits per heavy atom. The highest BCUT2D eigenvalue weighted by Gasteiger charge is 2.39. The van der Waals surface area contributed by atoms with Gasteiger partial charge >= 0.3 is 12.5 Å². The van der Waals surface area contributed by atoms with Crippen molar-refractivity contribution < 1.29 is 35.9 Å². The van der Waals surface area contributed by atoms with Crippen molar-refractivity contribution in [2.75, 3.05) is 0 Å². The first kappa shape index (κ1) is 14.6. The maximum atomic E-state index is 12.5. The molecule has 1 aromatic rings. The van der Waals surface area contributed by atoms with Gasteiger partial charge < -0.3 is 4.74 Å². The van der Waals surface area contributed by atoms with E-state index in [0.717, 1.165) is 0 Å². The number of ether oxygens (including phenoxy) is 1. The summed E-state index contributed by atoms with van der Waals surface area (Å²) < 4.78 is 76.3. The lowest BCUT2D eigenvalue weighted by Gasteiger charge is -2.15. The average Bonchev–Trinajstić information content (AvgIpc) is 2.13. The number of benzene rings is 1. The second-order valence-corrected chi connectivity index (χ2v) is 3.37. The molecule has 0 bridgehead atoms. The van der Waals surface area contributed by atoms with E-state index in [-0.39, 0.29) is 6.07 Å². The van der Waals surface area contributed by atoms with Crippen LogP contribution in [0.1, 0.15) is 15.9 Å². The summed E-state index contributed by atoms with van der Waals surface area (Å²) in [5.41, 5.74) is -2.31. The molecule has 2 nitrogen and oxygen atoms in total. The molecule has 0 aliphatic carbocycles. The summed E-state index contributed by atoms with van der Waals surface area (Å²) in [4.78, 5) is 10.7. The number of carbonyl (C=O) groups excluding carboxylic acids is 1. The van der Waals surface area contributed by atoms with Gasteiger partial charge in [0.15, 0.2) is 0 Å². The molecule has 0 amide bonds. The van der Waals surface area contributed by atoms with Crippen LogP contribution in [0.3, 0.4) is 0 Å². The predicted molar refractivity (Wildman–Crippen MR) is 48.3 cm³/mol. The molecule has 0 saturated carbocycles. The smallest absolute Gasteiger partial charge is 0.405 e. The zero-order valence-electron chi connectivity index (χ0n) is 8.19. The topological polar surface area (TPSA) is 26.3 Å². The third-order valence-corrected chi connectivity index (χ3v) is 1.96. The standard InChI is InChI=1S/C9H3ClF6O2/c10-7(17)4-1-2-6(18-9(14,15)16)5(3-4)8(11,12)13/h1-3H. The van der Waals surface area contributed by atoms with Crippen molar-refractivity contribution >= 4 is 16.8 Å². The largest absolute Gasteiger partial charge is 0.573 e. The minimum atomic E-state index is -5.27. The van der Waals surface area contributed by atoms with Crippen molar-refractivity contribution in [3.05, 3.63) is 29.3 Å². The van der Waals surface area contributed by atoms with Crippen LogP contribution in [0.25, 0.3) is 0 Å². The van der Waals surface area contributed by atoms with Crippen molar-refractivity contribution in [3.63, 3.8) is 0 Å². The van der Waals surface area contributed by atoms with Crippen LogP contribution in [-0.4, -0.2) is 11.6 Å². The maximum absolute atomic E-state index is 12.5. The van der Waals surface area contributed by atoms with Crippen molar-refractivity contribution in [1.82, 2.24) is 0 Å². The number of alkyl halides is 6. The summed E-state index contributed by atoms with van der Waals surface area (Å²) in [6.07, 6.45) is -10.4. The van der Waals surface area contributed by atoms with Crippen molar-refractivity contribution in [1.29, 1.82) is 0 Å². The quantitative estimate of drug-likeness (QED) is 0.609. The summed E-state index contributed by atoms with van der Waals surface area (Å²) in [5.74, 6) is -1.45. The molecule has 0 fully saturated rings. The zero-order valence-corrected chi connectivity index (χ0v) is 8.95. The van der Waals surface area contributed by atoms with Crippen LogP contribution < -0.4 is 4.74 Å². The summed E-state index contributed by atoms with van der Waals surface area (Å²) in [6, 6.07) is 1.27. The van der Waals surface area contributed by atoms with E-state index in [9.17, 15) is 31.1 Å². The van der Waals surface area contributed by atoms with Crippen LogP contribution in [0.5, 0.6) is 5.75 Å². The minimum Gasteiger partial charge on any atom is -0.405 e. The van der Waals surface area contributed by atoms with Crippen molar-refractivity contribution in [2.45, 2.75) is 12.5 Å². The van der Waals surface area contributed by atoms with Gasteiger partial charge in [0.05, 0.1) is 5.56 Å². The maximum Gasteiger partial charge on any atom is 0.573 e. The summed E-state index contributed by atoms with van der Waals surface area (Å²) in [7, 11) is 0. The first-order valence-corrected chi connectivity index (χ1v) is 4.55. The van der Waals surface area contributed by atoms with Gasteiger partial charge in [0.25, 0.3) is 5.24 Å². The number of hydrogen-bond donors (Lipinski definition) is 0. The van der Waals surface area contributed by atoms with Crippen LogP contribution in [0, 0.1) is 0 Å². The highest BCUT2D eigenvalue weighted by atomic mass is 35.5. The van der Waals surface area contributed by atoms with Gasteiger partial charge in [-0.15, -0.1) is 13.2 Å². The Bertz CT molecular complexity index is 465. The molecule has 100 valence electrons. The molecule has 0 spiro atoms. The summed E-state index contributed by atoms with van der Waals surface area (Å²) >= 11 is 4.94. The molecule has 0 aliphatic heterocycles. The Morgan fingerprint density at radius 3 is 2.06 bits per heavy atom. The van der Waals surface area contributed by atoms with Crippen LogP contribution in [0.2, 0.25) is 0 Å².